The average molecular weight is 443 g/mol. The lowest BCUT2D eigenvalue weighted by atomic mass is 10.2. The molecule has 0 spiro atoms. The van der Waals surface area contributed by atoms with E-state index < -0.39 is 0 Å². The van der Waals surface area contributed by atoms with E-state index in [2.05, 4.69) is 20.8 Å². The maximum absolute atomic E-state index is 12.0. The topological polar surface area (TPSA) is 85.4 Å². The number of nitrogens with zero attached hydrogens (tertiary/aromatic N) is 2. The minimum Gasteiger partial charge on any atom is -0.457 e. The van der Waals surface area contributed by atoms with Crippen molar-refractivity contribution in [2.24, 2.45) is 0 Å². The number of carbonyl (C=O) groups is 1. The normalized spacial score (nSPS) is 15.7. The Morgan fingerprint density at radius 1 is 1.13 bits per heavy atom. The minimum atomic E-state index is -0.0192. The van der Waals surface area contributed by atoms with Gasteiger partial charge < -0.3 is 20.1 Å². The molecule has 0 unspecified atom stereocenters. The maximum atomic E-state index is 12.0. The van der Waals surface area contributed by atoms with Crippen LogP contribution in [0.1, 0.15) is 12.8 Å². The van der Waals surface area contributed by atoms with Crippen molar-refractivity contribution in [1.29, 1.82) is 0 Å². The summed E-state index contributed by atoms with van der Waals surface area (Å²) in [5.41, 5.74) is 0.886. The molecule has 7 nitrogen and oxygen atoms in total. The number of ether oxygens (including phenoxy) is 2. The molecule has 0 aliphatic carbocycles. The van der Waals surface area contributed by atoms with Crippen LogP contribution in [0.5, 0.6) is 11.5 Å². The first kappa shape index (κ1) is 20.6. The Balaban J connectivity index is 1.22. The number of aromatic nitrogens is 2. The van der Waals surface area contributed by atoms with Gasteiger partial charge in [-0.1, -0.05) is 41.3 Å². The molecular weight excluding hydrogens is 420 g/mol. The number of thioether (sulfide) groups is 1. The van der Waals surface area contributed by atoms with E-state index in [9.17, 15) is 4.79 Å². The number of benzene rings is 2. The summed E-state index contributed by atoms with van der Waals surface area (Å²) in [5, 5.41) is 15.1. The van der Waals surface area contributed by atoms with Gasteiger partial charge in [-0.2, -0.15) is 0 Å². The smallest absolute Gasteiger partial charge is 0.230 e. The highest BCUT2D eigenvalue weighted by molar-refractivity contribution is 8.01. The summed E-state index contributed by atoms with van der Waals surface area (Å²) in [6.07, 6.45) is 2.23. The number of hydrogen-bond donors (Lipinski definition) is 2. The van der Waals surface area contributed by atoms with Gasteiger partial charge in [-0.15, -0.1) is 10.2 Å². The molecule has 2 aromatic carbocycles. The predicted octanol–water partition coefficient (Wildman–Crippen LogP) is 4.46. The van der Waals surface area contributed by atoms with E-state index in [1.165, 1.54) is 23.1 Å². The number of nitrogens with one attached hydrogen (secondary N) is 2. The van der Waals surface area contributed by atoms with Crippen molar-refractivity contribution in [3.05, 3.63) is 54.6 Å². The number of anilines is 2. The molecule has 2 heterocycles. The Labute approximate surface area is 183 Å². The summed E-state index contributed by atoms with van der Waals surface area (Å²) in [7, 11) is 0. The Morgan fingerprint density at radius 3 is 2.70 bits per heavy atom. The van der Waals surface area contributed by atoms with Crippen LogP contribution in [0.4, 0.5) is 10.8 Å². The molecule has 0 radical (unpaired) electrons. The van der Waals surface area contributed by atoms with Crippen molar-refractivity contribution in [2.45, 2.75) is 23.3 Å². The summed E-state index contributed by atoms with van der Waals surface area (Å²) >= 11 is 2.79. The number of para-hydroxylation sites is 1. The van der Waals surface area contributed by atoms with Gasteiger partial charge in [0.05, 0.1) is 11.9 Å². The van der Waals surface area contributed by atoms with Crippen LogP contribution >= 0.6 is 23.1 Å². The van der Waals surface area contributed by atoms with Gasteiger partial charge in [0, 0.05) is 18.8 Å². The maximum Gasteiger partial charge on any atom is 0.230 e. The van der Waals surface area contributed by atoms with E-state index in [1.807, 2.05) is 54.6 Å². The second-order valence-corrected chi connectivity index (χ2v) is 8.87. The van der Waals surface area contributed by atoms with E-state index in [0.717, 1.165) is 41.0 Å². The van der Waals surface area contributed by atoms with Crippen molar-refractivity contribution in [1.82, 2.24) is 15.5 Å². The lowest BCUT2D eigenvalue weighted by Crippen LogP contribution is -2.32. The van der Waals surface area contributed by atoms with E-state index in [0.29, 0.717) is 17.4 Å². The third-order valence-electron chi connectivity index (χ3n) is 4.37. The fourth-order valence-corrected chi connectivity index (χ4v) is 4.49. The summed E-state index contributed by atoms with van der Waals surface area (Å²) in [6.45, 7) is 1.37. The van der Waals surface area contributed by atoms with Gasteiger partial charge in [0.15, 0.2) is 4.34 Å². The number of carbonyl (C=O) groups excluding carboxylic acids is 1. The number of rotatable bonds is 9. The second-order valence-electron chi connectivity index (χ2n) is 6.67. The van der Waals surface area contributed by atoms with Gasteiger partial charge in [-0.3, -0.25) is 4.79 Å². The Bertz CT molecular complexity index is 944. The zero-order valence-electron chi connectivity index (χ0n) is 16.2. The van der Waals surface area contributed by atoms with Crippen LogP contribution in [0.3, 0.4) is 0 Å². The third kappa shape index (κ3) is 6.19. The summed E-state index contributed by atoms with van der Waals surface area (Å²) in [6, 6.07) is 17.3. The quantitative estimate of drug-likeness (QED) is 0.473. The highest BCUT2D eigenvalue weighted by Gasteiger charge is 2.16. The van der Waals surface area contributed by atoms with Crippen LogP contribution in [0, 0.1) is 0 Å². The minimum absolute atomic E-state index is 0.0192. The van der Waals surface area contributed by atoms with Gasteiger partial charge >= 0.3 is 0 Å². The first-order chi connectivity index (χ1) is 14.7. The van der Waals surface area contributed by atoms with Crippen LogP contribution in [0.15, 0.2) is 58.9 Å². The van der Waals surface area contributed by atoms with Gasteiger partial charge in [-0.25, -0.2) is 0 Å². The van der Waals surface area contributed by atoms with Crippen molar-refractivity contribution < 1.29 is 14.3 Å². The van der Waals surface area contributed by atoms with Crippen molar-refractivity contribution in [3.8, 4) is 11.5 Å². The third-order valence-corrected chi connectivity index (χ3v) is 6.34. The molecule has 1 atom stereocenters. The van der Waals surface area contributed by atoms with Crippen LogP contribution in [-0.4, -0.2) is 41.1 Å². The standard InChI is InChI=1S/C21H22N4O3S2/c26-19(22-13-18-7-4-12-27-18)14-29-21-25-24-20(30-21)23-15-8-10-17(11-9-15)28-16-5-2-1-3-6-16/h1-3,5-6,8-11,18H,4,7,12-14H2,(H,22,26)(H,23,24)/t18-/m1/s1. The molecule has 1 aliphatic heterocycles. The fraction of sp³-hybridized carbons (Fsp3) is 0.286. The molecule has 156 valence electrons. The zero-order valence-corrected chi connectivity index (χ0v) is 17.9. The molecule has 0 saturated carbocycles. The highest BCUT2D eigenvalue weighted by Crippen LogP contribution is 2.29. The molecule has 4 rings (SSSR count). The number of amides is 1. The fourth-order valence-electron chi connectivity index (χ4n) is 2.88. The summed E-state index contributed by atoms with van der Waals surface area (Å²) in [4.78, 5) is 12.0. The number of hydrogen-bond acceptors (Lipinski definition) is 8. The second kappa shape index (κ2) is 10.4. The van der Waals surface area contributed by atoms with Crippen LogP contribution in [-0.2, 0) is 9.53 Å². The zero-order chi connectivity index (χ0) is 20.6. The molecule has 1 fully saturated rings. The first-order valence-electron chi connectivity index (χ1n) is 9.69. The largest absolute Gasteiger partial charge is 0.457 e. The van der Waals surface area contributed by atoms with E-state index in [4.69, 9.17) is 9.47 Å². The molecule has 1 aliphatic rings. The molecule has 1 saturated heterocycles. The van der Waals surface area contributed by atoms with Gasteiger partial charge in [0.2, 0.25) is 11.0 Å². The van der Waals surface area contributed by atoms with E-state index in [-0.39, 0.29) is 12.0 Å². The summed E-state index contributed by atoms with van der Waals surface area (Å²) < 4.78 is 12.0. The van der Waals surface area contributed by atoms with Gasteiger partial charge in [-0.05, 0) is 49.2 Å². The Kier molecular flexibility index (Phi) is 7.17. The Hall–Kier alpha value is -2.62. The van der Waals surface area contributed by atoms with Gasteiger partial charge in [0.25, 0.3) is 0 Å². The molecule has 2 N–H and O–H groups in total. The SMILES string of the molecule is O=C(CSc1nnc(Nc2ccc(Oc3ccccc3)cc2)s1)NC[C@H]1CCCO1. The van der Waals surface area contributed by atoms with Crippen molar-refractivity contribution >= 4 is 39.8 Å². The predicted molar refractivity (Wildman–Crippen MR) is 119 cm³/mol. The average Bonchev–Trinajstić information content (AvgIpc) is 3.45. The molecule has 3 aromatic rings. The monoisotopic (exact) mass is 442 g/mol. The first-order valence-corrected chi connectivity index (χ1v) is 11.5. The van der Waals surface area contributed by atoms with E-state index in [1.54, 1.807) is 0 Å². The van der Waals surface area contributed by atoms with Crippen LogP contribution < -0.4 is 15.4 Å². The molecule has 0 bridgehead atoms. The molecule has 1 aromatic heterocycles. The lowest BCUT2D eigenvalue weighted by Gasteiger charge is -2.09. The van der Waals surface area contributed by atoms with Crippen molar-refractivity contribution in [3.63, 3.8) is 0 Å². The molecule has 30 heavy (non-hydrogen) atoms. The molecule has 1 amide bonds. The van der Waals surface area contributed by atoms with E-state index >= 15 is 0 Å². The molecular formula is C21H22N4O3S2. The molecule has 9 heteroatoms. The highest BCUT2D eigenvalue weighted by atomic mass is 32.2. The summed E-state index contributed by atoms with van der Waals surface area (Å²) in [5.74, 6) is 1.85. The van der Waals surface area contributed by atoms with Crippen LogP contribution in [0.25, 0.3) is 0 Å². The lowest BCUT2D eigenvalue weighted by molar-refractivity contribution is -0.119. The van der Waals surface area contributed by atoms with Gasteiger partial charge in [0.1, 0.15) is 11.5 Å². The Morgan fingerprint density at radius 2 is 1.93 bits per heavy atom. The van der Waals surface area contributed by atoms with Crippen LogP contribution in [0.2, 0.25) is 0 Å². The van der Waals surface area contributed by atoms with Crippen molar-refractivity contribution in [2.75, 3.05) is 24.2 Å².